The van der Waals surface area contributed by atoms with E-state index in [4.69, 9.17) is 0 Å². The summed E-state index contributed by atoms with van der Waals surface area (Å²) in [5, 5.41) is 2.56. The van der Waals surface area contributed by atoms with Crippen LogP contribution in [-0.4, -0.2) is 11.3 Å². The summed E-state index contributed by atoms with van der Waals surface area (Å²) in [6.45, 7) is 13.8. The number of fused-ring (bicyclic) bond motifs is 7. The molecule has 0 unspecified atom stereocenters. The van der Waals surface area contributed by atoms with E-state index < -0.39 is 5.41 Å². The van der Waals surface area contributed by atoms with Crippen molar-refractivity contribution in [3.63, 3.8) is 0 Å². The van der Waals surface area contributed by atoms with Crippen molar-refractivity contribution in [3.05, 3.63) is 318 Å². The molecule has 2 aliphatic heterocycles. The third kappa shape index (κ3) is 8.16. The van der Waals surface area contributed by atoms with Crippen LogP contribution in [0, 0.1) is 0 Å². The molecule has 0 aliphatic carbocycles. The summed E-state index contributed by atoms with van der Waals surface area (Å²) in [6.07, 6.45) is 0. The Hall–Kier alpha value is -9.70. The molecule has 15 rings (SSSR count). The summed E-state index contributed by atoms with van der Waals surface area (Å²) in [5.41, 5.74) is 27.1. The monoisotopic (exact) mass is 1080 g/mol. The van der Waals surface area contributed by atoms with Crippen LogP contribution < -0.4 is 21.3 Å². The lowest BCUT2D eigenvalue weighted by Crippen LogP contribution is -2.65. The lowest BCUT2D eigenvalue weighted by atomic mass is 9.29. The first-order valence-electron chi connectivity index (χ1n) is 29.8. The van der Waals surface area contributed by atoms with Crippen molar-refractivity contribution in [2.45, 2.75) is 57.8 Å². The number of benzene rings is 12. The van der Waals surface area contributed by atoms with Crippen molar-refractivity contribution in [1.82, 2.24) is 4.57 Å². The molecule has 84 heavy (non-hydrogen) atoms. The zero-order valence-corrected chi connectivity index (χ0v) is 48.6. The molecule has 0 fully saturated rings. The van der Waals surface area contributed by atoms with Crippen LogP contribution in [-0.2, 0) is 16.2 Å². The SMILES string of the molecule is CC(C)(C)c1ccc2c(c1)c1cc(C(C)(C)C)ccc1n2-c1ccc2c(c1)C(c1ccccc1)(c1ccccc1)c1cc(-c3ccccc3)cc3c1B2c1cc(-c2ccccc2)ccc1N3c1c(-c2ccccc2)cccc1-c1ccccc1. The van der Waals surface area contributed by atoms with Gasteiger partial charge < -0.3 is 9.47 Å². The minimum atomic E-state index is -0.807. The van der Waals surface area contributed by atoms with Crippen LogP contribution in [0.1, 0.15) is 74.9 Å². The minimum absolute atomic E-state index is 0.0229. The quantitative estimate of drug-likeness (QED) is 0.138. The van der Waals surface area contributed by atoms with Gasteiger partial charge in [0.2, 0.25) is 6.71 Å². The van der Waals surface area contributed by atoms with Gasteiger partial charge in [-0.25, -0.2) is 0 Å². The van der Waals surface area contributed by atoms with Crippen LogP contribution in [0.25, 0.3) is 72.0 Å². The molecule has 12 aromatic carbocycles. The Kier molecular flexibility index (Phi) is 12.0. The number of hydrogen-bond acceptors (Lipinski definition) is 1. The van der Waals surface area contributed by atoms with Crippen LogP contribution in [0.3, 0.4) is 0 Å². The zero-order chi connectivity index (χ0) is 56.9. The molecule has 0 saturated carbocycles. The number of hydrogen-bond donors (Lipinski definition) is 0. The standard InChI is InChI=1S/C81H65BN2/c1-79(2,3)62-41-46-73-67(51-62)68-52-63(80(4,5)6)42-47-74(68)83(73)64-43-44-71-69(53-64)81(60-34-21-11-22-35-60,61-36-23-12-24-37-61)70-48-59(55-28-15-8-16-29-55)50-76-77(70)82(71)72-49-58(54-26-13-7-14-27-54)40-45-75(72)84(76)78-65(56-30-17-9-18-31-56)38-25-39-66(78)57-32-19-10-20-33-57/h7-53H,1-6H3. The van der Waals surface area contributed by atoms with E-state index in [1.165, 1.54) is 111 Å². The second-order valence-corrected chi connectivity index (χ2v) is 25.2. The lowest BCUT2D eigenvalue weighted by Gasteiger charge is -2.49. The Morgan fingerprint density at radius 2 is 0.810 bits per heavy atom. The van der Waals surface area contributed by atoms with Gasteiger partial charge >= 0.3 is 0 Å². The van der Waals surface area contributed by atoms with E-state index in [0.717, 1.165) is 28.2 Å². The van der Waals surface area contributed by atoms with Crippen LogP contribution in [0.15, 0.2) is 285 Å². The first-order chi connectivity index (χ1) is 40.9. The van der Waals surface area contributed by atoms with E-state index in [1.807, 2.05) is 0 Å². The zero-order valence-electron chi connectivity index (χ0n) is 48.6. The maximum Gasteiger partial charge on any atom is 0.247 e. The van der Waals surface area contributed by atoms with Crippen LogP contribution in [0.5, 0.6) is 0 Å². The normalized spacial score (nSPS) is 13.4. The Bertz CT molecular complexity index is 4480. The molecule has 0 atom stereocenters. The average molecular weight is 1080 g/mol. The molecule has 0 amide bonds. The fraction of sp³-hybridized carbons (Fsp3) is 0.111. The number of rotatable bonds is 8. The van der Waals surface area contributed by atoms with Gasteiger partial charge in [-0.3, -0.25) is 0 Å². The Morgan fingerprint density at radius 3 is 1.31 bits per heavy atom. The smallest absolute Gasteiger partial charge is 0.247 e. The van der Waals surface area contributed by atoms with Gasteiger partial charge in [-0.05, 0) is 143 Å². The highest BCUT2D eigenvalue weighted by molar-refractivity contribution is 6.99. The highest BCUT2D eigenvalue weighted by Gasteiger charge is 2.52. The molecule has 0 bridgehead atoms. The summed E-state index contributed by atoms with van der Waals surface area (Å²) >= 11 is 0. The summed E-state index contributed by atoms with van der Waals surface area (Å²) in [4.78, 5) is 2.66. The van der Waals surface area contributed by atoms with Gasteiger partial charge in [-0.1, -0.05) is 278 Å². The van der Waals surface area contributed by atoms with Crippen molar-refractivity contribution in [3.8, 4) is 50.2 Å². The molecule has 13 aromatic rings. The highest BCUT2D eigenvalue weighted by atomic mass is 15.2. The van der Waals surface area contributed by atoms with E-state index >= 15 is 0 Å². The maximum absolute atomic E-state index is 2.66. The van der Waals surface area contributed by atoms with Crippen molar-refractivity contribution < 1.29 is 0 Å². The number of nitrogens with zero attached hydrogens (tertiary/aromatic N) is 2. The Balaban J connectivity index is 1.12. The van der Waals surface area contributed by atoms with Crippen LogP contribution >= 0.6 is 0 Å². The van der Waals surface area contributed by atoms with Crippen molar-refractivity contribution in [2.24, 2.45) is 0 Å². The van der Waals surface area contributed by atoms with Gasteiger partial charge in [-0.2, -0.15) is 0 Å². The molecular formula is C81H65BN2. The third-order valence-electron chi connectivity index (χ3n) is 18.2. The Morgan fingerprint density at radius 1 is 0.333 bits per heavy atom. The van der Waals surface area contributed by atoms with Gasteiger partial charge in [0.25, 0.3) is 0 Å². The second kappa shape index (κ2) is 19.7. The van der Waals surface area contributed by atoms with Crippen LogP contribution in [0.4, 0.5) is 17.1 Å². The average Bonchev–Trinajstić information content (AvgIpc) is 0.778. The molecule has 0 saturated heterocycles. The van der Waals surface area contributed by atoms with Crippen molar-refractivity contribution in [2.75, 3.05) is 4.90 Å². The fourth-order valence-electron chi connectivity index (χ4n) is 14.2. The van der Waals surface area contributed by atoms with E-state index in [1.54, 1.807) is 0 Å². The van der Waals surface area contributed by atoms with Crippen molar-refractivity contribution in [1.29, 1.82) is 0 Å². The minimum Gasteiger partial charge on any atom is -0.310 e. The maximum atomic E-state index is 2.66. The predicted octanol–water partition coefficient (Wildman–Crippen LogP) is 19.0. The van der Waals surface area contributed by atoms with Gasteiger partial charge in [0.05, 0.1) is 22.1 Å². The van der Waals surface area contributed by atoms with Crippen LogP contribution in [0.2, 0.25) is 0 Å². The topological polar surface area (TPSA) is 8.17 Å². The highest BCUT2D eigenvalue weighted by Crippen LogP contribution is 2.54. The molecular weight excluding hydrogens is 1010 g/mol. The predicted molar refractivity (Wildman–Crippen MR) is 358 cm³/mol. The van der Waals surface area contributed by atoms with E-state index in [-0.39, 0.29) is 17.5 Å². The molecule has 0 N–H and O–H groups in total. The van der Waals surface area contributed by atoms with Crippen molar-refractivity contribution >= 4 is 62.0 Å². The number of anilines is 3. The molecule has 0 spiro atoms. The molecule has 0 radical (unpaired) electrons. The van der Waals surface area contributed by atoms with E-state index in [2.05, 4.69) is 336 Å². The first-order valence-corrected chi connectivity index (χ1v) is 29.8. The molecule has 3 heterocycles. The van der Waals surface area contributed by atoms with Gasteiger partial charge in [-0.15, -0.1) is 0 Å². The summed E-state index contributed by atoms with van der Waals surface area (Å²) in [7, 11) is 0. The third-order valence-corrected chi connectivity index (χ3v) is 18.2. The molecule has 402 valence electrons. The second-order valence-electron chi connectivity index (χ2n) is 25.2. The first kappa shape index (κ1) is 51.2. The Labute approximate surface area is 495 Å². The molecule has 1 aromatic heterocycles. The number of para-hydroxylation sites is 1. The van der Waals surface area contributed by atoms with Gasteiger partial charge in [0, 0.05) is 39.0 Å². The van der Waals surface area contributed by atoms with Gasteiger partial charge in [0.1, 0.15) is 0 Å². The molecule has 3 heteroatoms. The largest absolute Gasteiger partial charge is 0.310 e. The molecule has 2 aliphatic rings. The lowest BCUT2D eigenvalue weighted by molar-refractivity contribution is 0.590. The van der Waals surface area contributed by atoms with E-state index in [0.29, 0.717) is 0 Å². The summed E-state index contributed by atoms with van der Waals surface area (Å²) in [5.74, 6) is 0. The summed E-state index contributed by atoms with van der Waals surface area (Å²) < 4.78 is 2.56. The fourth-order valence-corrected chi connectivity index (χ4v) is 14.2. The van der Waals surface area contributed by atoms with E-state index in [9.17, 15) is 0 Å². The number of aromatic nitrogens is 1. The summed E-state index contributed by atoms with van der Waals surface area (Å²) in [6, 6.07) is 108. The molecule has 2 nitrogen and oxygen atoms in total. The van der Waals surface area contributed by atoms with Gasteiger partial charge in [0.15, 0.2) is 0 Å².